The number of hydrogen-bond acceptors (Lipinski definition) is 4. The number of amides is 1. The van der Waals surface area contributed by atoms with Gasteiger partial charge in [-0.15, -0.1) is 0 Å². The van der Waals surface area contributed by atoms with E-state index < -0.39 is 0 Å². The second-order valence-corrected chi connectivity index (χ2v) is 8.54. The van der Waals surface area contributed by atoms with Gasteiger partial charge in [0.15, 0.2) is 0 Å². The van der Waals surface area contributed by atoms with Gasteiger partial charge in [-0.3, -0.25) is 20.1 Å². The van der Waals surface area contributed by atoms with Crippen molar-refractivity contribution in [2.24, 2.45) is 5.84 Å². The maximum Gasteiger partial charge on any atom is 0.227 e. The standard InChI is InChI=1S/C24H30FN5O/c1-17-21-7-4-19(22(21)8-9-23(17)25)15-28-10-12-29(13-11-28)24(31)14-18-2-5-20(6-3-18)30(27)16-26/h2-3,5-6,8-9,16,19,26H,4,7,10-15,27H2,1H3. The first kappa shape index (κ1) is 21.5. The normalized spacial score (nSPS) is 18.7. The molecule has 164 valence electrons. The summed E-state index contributed by atoms with van der Waals surface area (Å²) in [4.78, 5) is 17.1. The summed E-state index contributed by atoms with van der Waals surface area (Å²) in [6, 6.07) is 11.0. The van der Waals surface area contributed by atoms with E-state index in [1.807, 2.05) is 42.2 Å². The summed E-state index contributed by atoms with van der Waals surface area (Å²) in [6.45, 7) is 6.08. The van der Waals surface area contributed by atoms with Gasteiger partial charge in [-0.1, -0.05) is 18.2 Å². The predicted molar refractivity (Wildman–Crippen MR) is 121 cm³/mol. The Kier molecular flexibility index (Phi) is 6.34. The molecule has 0 aromatic heterocycles. The fraction of sp³-hybridized carbons (Fsp3) is 0.417. The Bertz CT molecular complexity index is 953. The second kappa shape index (κ2) is 9.16. The highest BCUT2D eigenvalue weighted by Gasteiger charge is 2.28. The third-order valence-corrected chi connectivity index (χ3v) is 6.68. The van der Waals surface area contributed by atoms with Crippen molar-refractivity contribution in [3.63, 3.8) is 0 Å². The zero-order valence-electron chi connectivity index (χ0n) is 18.0. The molecule has 1 aliphatic carbocycles. The molecular weight excluding hydrogens is 393 g/mol. The highest BCUT2D eigenvalue weighted by atomic mass is 19.1. The topological polar surface area (TPSA) is 76.7 Å². The number of rotatable bonds is 6. The van der Waals surface area contributed by atoms with Crippen molar-refractivity contribution in [2.45, 2.75) is 32.1 Å². The molecule has 1 heterocycles. The van der Waals surface area contributed by atoms with Crippen LogP contribution in [-0.4, -0.2) is 54.8 Å². The zero-order chi connectivity index (χ0) is 22.0. The summed E-state index contributed by atoms with van der Waals surface area (Å²) >= 11 is 0. The summed E-state index contributed by atoms with van der Waals surface area (Å²) < 4.78 is 13.8. The molecule has 1 fully saturated rings. The minimum absolute atomic E-state index is 0.101. The number of fused-ring (bicyclic) bond motifs is 1. The molecule has 1 unspecified atom stereocenters. The summed E-state index contributed by atoms with van der Waals surface area (Å²) in [6.07, 6.45) is 3.45. The molecule has 0 bridgehead atoms. The third kappa shape index (κ3) is 4.62. The monoisotopic (exact) mass is 423 g/mol. The van der Waals surface area contributed by atoms with E-state index in [2.05, 4.69) is 4.90 Å². The van der Waals surface area contributed by atoms with Crippen LogP contribution in [0.1, 0.15) is 34.6 Å². The van der Waals surface area contributed by atoms with Gasteiger partial charge in [0.25, 0.3) is 0 Å². The third-order valence-electron chi connectivity index (χ3n) is 6.68. The lowest BCUT2D eigenvalue weighted by Gasteiger charge is -2.36. The van der Waals surface area contributed by atoms with Crippen LogP contribution < -0.4 is 10.9 Å². The Hall–Kier alpha value is -2.77. The van der Waals surface area contributed by atoms with Crippen molar-refractivity contribution < 1.29 is 9.18 Å². The van der Waals surface area contributed by atoms with E-state index in [1.54, 1.807) is 6.07 Å². The highest BCUT2D eigenvalue weighted by Crippen LogP contribution is 2.36. The number of carbonyl (C=O) groups is 1. The number of benzene rings is 2. The van der Waals surface area contributed by atoms with Gasteiger partial charge < -0.3 is 4.90 Å². The highest BCUT2D eigenvalue weighted by molar-refractivity contribution is 5.79. The van der Waals surface area contributed by atoms with Gasteiger partial charge in [0.1, 0.15) is 12.2 Å². The second-order valence-electron chi connectivity index (χ2n) is 8.54. The zero-order valence-corrected chi connectivity index (χ0v) is 18.0. The van der Waals surface area contributed by atoms with Crippen LogP contribution in [0.25, 0.3) is 0 Å². The molecule has 4 rings (SSSR count). The Morgan fingerprint density at radius 1 is 1.19 bits per heavy atom. The molecule has 7 heteroatoms. The Morgan fingerprint density at radius 2 is 1.90 bits per heavy atom. The van der Waals surface area contributed by atoms with Gasteiger partial charge in [0.05, 0.1) is 12.1 Å². The van der Waals surface area contributed by atoms with Crippen molar-refractivity contribution >= 4 is 17.9 Å². The average molecular weight is 424 g/mol. The van der Waals surface area contributed by atoms with Crippen LogP contribution in [0.15, 0.2) is 36.4 Å². The molecule has 1 atom stereocenters. The predicted octanol–water partition coefficient (Wildman–Crippen LogP) is 2.84. The number of nitrogens with two attached hydrogens (primary N) is 1. The summed E-state index contributed by atoms with van der Waals surface area (Å²) in [7, 11) is 0. The molecule has 0 spiro atoms. The molecule has 2 aromatic carbocycles. The SMILES string of the molecule is Cc1c(F)ccc2c1CCC2CN1CCN(C(=O)Cc2ccc(N(N)C=N)cc2)CC1. The van der Waals surface area contributed by atoms with Crippen LogP contribution in [0, 0.1) is 18.2 Å². The van der Waals surface area contributed by atoms with Crippen molar-refractivity contribution in [2.75, 3.05) is 37.7 Å². The number of anilines is 1. The fourth-order valence-corrected chi connectivity index (χ4v) is 4.77. The number of hydrazine groups is 1. The van der Waals surface area contributed by atoms with Crippen LogP contribution in [0.2, 0.25) is 0 Å². The van der Waals surface area contributed by atoms with Crippen LogP contribution in [0.4, 0.5) is 10.1 Å². The number of piperazine rings is 1. The number of hydrogen-bond donors (Lipinski definition) is 2. The molecule has 1 amide bonds. The van der Waals surface area contributed by atoms with E-state index in [4.69, 9.17) is 11.3 Å². The van der Waals surface area contributed by atoms with E-state index in [0.717, 1.165) is 63.0 Å². The minimum atomic E-state index is -0.101. The number of halogens is 1. The fourth-order valence-electron chi connectivity index (χ4n) is 4.77. The van der Waals surface area contributed by atoms with Crippen LogP contribution in [0.5, 0.6) is 0 Å². The summed E-state index contributed by atoms with van der Waals surface area (Å²) in [5.41, 5.74) is 4.97. The summed E-state index contributed by atoms with van der Waals surface area (Å²) in [5, 5.41) is 8.41. The maximum absolute atomic E-state index is 13.8. The van der Waals surface area contributed by atoms with Gasteiger partial charge in [-0.2, -0.15) is 0 Å². The van der Waals surface area contributed by atoms with E-state index >= 15 is 0 Å². The molecule has 1 aliphatic heterocycles. The quantitative estimate of drug-likeness (QED) is 0.324. The van der Waals surface area contributed by atoms with Crippen molar-refractivity contribution in [3.05, 3.63) is 64.5 Å². The molecular formula is C24H30FN5O. The smallest absolute Gasteiger partial charge is 0.227 e. The van der Waals surface area contributed by atoms with Gasteiger partial charge in [-0.25, -0.2) is 10.2 Å². The van der Waals surface area contributed by atoms with Gasteiger partial charge in [0.2, 0.25) is 5.91 Å². The van der Waals surface area contributed by atoms with Crippen molar-refractivity contribution in [3.8, 4) is 0 Å². The van der Waals surface area contributed by atoms with Gasteiger partial charge in [-0.05, 0) is 66.1 Å². The molecule has 2 aliphatic rings. The molecule has 0 radical (unpaired) electrons. The number of nitrogens with zero attached hydrogens (tertiary/aromatic N) is 3. The molecule has 0 saturated carbocycles. The lowest BCUT2D eigenvalue weighted by molar-refractivity contribution is -0.132. The summed E-state index contributed by atoms with van der Waals surface area (Å²) in [5.74, 6) is 6.16. The van der Waals surface area contributed by atoms with Crippen LogP contribution in [-0.2, 0) is 17.6 Å². The van der Waals surface area contributed by atoms with E-state index in [0.29, 0.717) is 18.0 Å². The van der Waals surface area contributed by atoms with E-state index in [1.165, 1.54) is 16.1 Å². The van der Waals surface area contributed by atoms with E-state index in [9.17, 15) is 9.18 Å². The first-order valence-corrected chi connectivity index (χ1v) is 10.9. The first-order valence-electron chi connectivity index (χ1n) is 10.9. The lowest BCUT2D eigenvalue weighted by atomic mass is 9.98. The Balaban J connectivity index is 1.28. The van der Waals surface area contributed by atoms with Gasteiger partial charge in [0, 0.05) is 32.7 Å². The van der Waals surface area contributed by atoms with Crippen LogP contribution >= 0.6 is 0 Å². The lowest BCUT2D eigenvalue weighted by Crippen LogP contribution is -2.49. The largest absolute Gasteiger partial charge is 0.340 e. The Labute approximate surface area is 182 Å². The maximum atomic E-state index is 13.8. The van der Waals surface area contributed by atoms with Crippen molar-refractivity contribution in [1.29, 1.82) is 5.41 Å². The van der Waals surface area contributed by atoms with E-state index in [-0.39, 0.29) is 11.7 Å². The molecule has 2 aromatic rings. The van der Waals surface area contributed by atoms with Gasteiger partial charge >= 0.3 is 0 Å². The molecule has 6 nitrogen and oxygen atoms in total. The van der Waals surface area contributed by atoms with Crippen molar-refractivity contribution in [1.82, 2.24) is 9.80 Å². The number of carbonyl (C=O) groups excluding carboxylic acids is 1. The Morgan fingerprint density at radius 3 is 2.58 bits per heavy atom. The average Bonchev–Trinajstić information content (AvgIpc) is 3.20. The minimum Gasteiger partial charge on any atom is -0.340 e. The molecule has 31 heavy (non-hydrogen) atoms. The molecule has 3 N–H and O–H groups in total. The number of nitrogens with one attached hydrogen (secondary N) is 1. The first-order chi connectivity index (χ1) is 15.0. The van der Waals surface area contributed by atoms with Crippen LogP contribution in [0.3, 0.4) is 0 Å². The molecule has 1 saturated heterocycles.